The zero-order valence-electron chi connectivity index (χ0n) is 15.5. The Kier molecular flexibility index (Phi) is 5.02. The van der Waals surface area contributed by atoms with E-state index in [1.807, 2.05) is 51.1 Å². The molecule has 0 saturated carbocycles. The SMILES string of the molecule is CC(=O)N1c2ccc(-c3ccco3)cc2[C@H](NC(=O)OC(C)C)C[C@@H]1C. The Labute approximate surface area is 153 Å². The maximum absolute atomic E-state index is 12.2. The van der Waals surface area contributed by atoms with Gasteiger partial charge in [0.1, 0.15) is 5.76 Å². The molecule has 0 aliphatic carbocycles. The van der Waals surface area contributed by atoms with Crippen LogP contribution in [0.1, 0.15) is 45.7 Å². The molecule has 0 unspecified atom stereocenters. The predicted octanol–water partition coefficient (Wildman–Crippen LogP) is 4.27. The fourth-order valence-corrected chi connectivity index (χ4v) is 3.47. The molecule has 3 rings (SSSR count). The molecule has 6 heteroatoms. The molecule has 1 aromatic carbocycles. The molecule has 1 aliphatic rings. The molecule has 26 heavy (non-hydrogen) atoms. The van der Waals surface area contributed by atoms with Crippen molar-refractivity contribution in [1.29, 1.82) is 0 Å². The molecule has 0 spiro atoms. The van der Waals surface area contributed by atoms with Gasteiger partial charge in [-0.1, -0.05) is 0 Å². The van der Waals surface area contributed by atoms with Crippen molar-refractivity contribution in [3.05, 3.63) is 42.2 Å². The van der Waals surface area contributed by atoms with Crippen LogP contribution in [0, 0.1) is 0 Å². The van der Waals surface area contributed by atoms with E-state index in [4.69, 9.17) is 9.15 Å². The van der Waals surface area contributed by atoms with E-state index in [1.165, 1.54) is 0 Å². The summed E-state index contributed by atoms with van der Waals surface area (Å²) in [5.74, 6) is 0.719. The lowest BCUT2D eigenvalue weighted by Gasteiger charge is -2.39. The van der Waals surface area contributed by atoms with Crippen LogP contribution in [0.25, 0.3) is 11.3 Å². The minimum atomic E-state index is -0.456. The summed E-state index contributed by atoms with van der Waals surface area (Å²) in [6.45, 7) is 7.15. The number of hydrogen-bond acceptors (Lipinski definition) is 4. The minimum absolute atomic E-state index is 0.0206. The summed E-state index contributed by atoms with van der Waals surface area (Å²) in [6, 6.07) is 9.24. The molecule has 6 nitrogen and oxygen atoms in total. The monoisotopic (exact) mass is 356 g/mol. The molecule has 0 bridgehead atoms. The van der Waals surface area contributed by atoms with Crippen molar-refractivity contribution < 1.29 is 18.7 Å². The predicted molar refractivity (Wildman–Crippen MR) is 98.9 cm³/mol. The second-order valence-electron chi connectivity index (χ2n) is 6.88. The molecular weight excluding hydrogens is 332 g/mol. The number of carbonyl (C=O) groups is 2. The number of anilines is 1. The third-order valence-corrected chi connectivity index (χ3v) is 4.46. The summed E-state index contributed by atoms with van der Waals surface area (Å²) in [5.41, 5.74) is 2.59. The number of hydrogen-bond donors (Lipinski definition) is 1. The number of alkyl carbamates (subject to hydrolysis) is 1. The molecule has 0 radical (unpaired) electrons. The summed E-state index contributed by atoms with van der Waals surface area (Å²) in [6.07, 6.45) is 1.58. The fraction of sp³-hybridized carbons (Fsp3) is 0.400. The van der Waals surface area contributed by atoms with Gasteiger partial charge in [0, 0.05) is 24.2 Å². The molecule has 0 fully saturated rings. The number of nitrogens with zero attached hydrogens (tertiary/aromatic N) is 1. The van der Waals surface area contributed by atoms with E-state index < -0.39 is 6.09 Å². The van der Waals surface area contributed by atoms with E-state index in [2.05, 4.69) is 5.32 Å². The molecule has 2 atom stereocenters. The molecule has 2 aromatic rings. The molecular formula is C20H24N2O4. The van der Waals surface area contributed by atoms with Crippen molar-refractivity contribution in [1.82, 2.24) is 5.32 Å². The average molecular weight is 356 g/mol. The number of nitrogens with one attached hydrogen (secondary N) is 1. The van der Waals surface area contributed by atoms with E-state index in [-0.39, 0.29) is 24.1 Å². The highest BCUT2D eigenvalue weighted by Crippen LogP contribution is 2.39. The first-order chi connectivity index (χ1) is 12.4. The van der Waals surface area contributed by atoms with Gasteiger partial charge in [0.05, 0.1) is 18.4 Å². The number of benzene rings is 1. The van der Waals surface area contributed by atoms with Crippen molar-refractivity contribution in [2.24, 2.45) is 0 Å². The number of furan rings is 1. The van der Waals surface area contributed by atoms with Gasteiger partial charge in [0.15, 0.2) is 0 Å². The first kappa shape index (κ1) is 18.0. The number of ether oxygens (including phenoxy) is 1. The van der Waals surface area contributed by atoms with Gasteiger partial charge in [-0.3, -0.25) is 4.79 Å². The van der Waals surface area contributed by atoms with Crippen LogP contribution < -0.4 is 10.2 Å². The largest absolute Gasteiger partial charge is 0.464 e. The van der Waals surface area contributed by atoms with Gasteiger partial charge in [0.2, 0.25) is 5.91 Å². The first-order valence-electron chi connectivity index (χ1n) is 8.81. The third-order valence-electron chi connectivity index (χ3n) is 4.46. The Bertz CT molecular complexity index is 798. The van der Waals surface area contributed by atoms with Gasteiger partial charge in [-0.25, -0.2) is 4.79 Å². The number of rotatable bonds is 3. The molecule has 2 heterocycles. The second kappa shape index (κ2) is 7.23. The van der Waals surface area contributed by atoms with E-state index in [0.717, 1.165) is 22.6 Å². The molecule has 1 aromatic heterocycles. The van der Waals surface area contributed by atoms with Crippen LogP contribution in [-0.2, 0) is 9.53 Å². The van der Waals surface area contributed by atoms with Crippen molar-refractivity contribution in [2.45, 2.75) is 52.3 Å². The Morgan fingerprint density at radius 2 is 2.08 bits per heavy atom. The lowest BCUT2D eigenvalue weighted by Crippen LogP contribution is -2.45. The summed E-state index contributed by atoms with van der Waals surface area (Å²) >= 11 is 0. The lowest BCUT2D eigenvalue weighted by molar-refractivity contribution is -0.117. The van der Waals surface area contributed by atoms with Gasteiger partial charge in [-0.05, 0) is 63.1 Å². The van der Waals surface area contributed by atoms with Crippen molar-refractivity contribution in [3.8, 4) is 11.3 Å². The zero-order chi connectivity index (χ0) is 18.8. The molecule has 138 valence electrons. The molecule has 1 N–H and O–H groups in total. The van der Waals surface area contributed by atoms with Gasteiger partial charge >= 0.3 is 6.09 Å². The maximum atomic E-state index is 12.2. The Morgan fingerprint density at radius 1 is 1.31 bits per heavy atom. The highest BCUT2D eigenvalue weighted by molar-refractivity contribution is 5.94. The van der Waals surface area contributed by atoms with Crippen molar-refractivity contribution in [3.63, 3.8) is 0 Å². The summed E-state index contributed by atoms with van der Waals surface area (Å²) in [7, 11) is 0. The first-order valence-corrected chi connectivity index (χ1v) is 8.81. The highest BCUT2D eigenvalue weighted by Gasteiger charge is 2.33. The molecule has 1 aliphatic heterocycles. The van der Waals surface area contributed by atoms with Gasteiger partial charge in [-0.2, -0.15) is 0 Å². The normalized spacial score (nSPS) is 19.2. The van der Waals surface area contributed by atoms with Crippen molar-refractivity contribution >= 4 is 17.7 Å². The Morgan fingerprint density at radius 3 is 2.69 bits per heavy atom. The van der Waals surface area contributed by atoms with Crippen LogP contribution in [0.15, 0.2) is 41.0 Å². The van der Waals surface area contributed by atoms with Crippen LogP contribution in [-0.4, -0.2) is 24.1 Å². The lowest BCUT2D eigenvalue weighted by atomic mass is 9.90. The third kappa shape index (κ3) is 3.59. The Hall–Kier alpha value is -2.76. The quantitative estimate of drug-likeness (QED) is 0.891. The van der Waals surface area contributed by atoms with Crippen molar-refractivity contribution in [2.75, 3.05) is 4.90 Å². The van der Waals surface area contributed by atoms with Crippen LogP contribution >= 0.6 is 0 Å². The maximum Gasteiger partial charge on any atom is 0.407 e. The number of amides is 2. The molecule has 0 saturated heterocycles. The van der Waals surface area contributed by atoms with Crippen LogP contribution in [0.3, 0.4) is 0 Å². The van der Waals surface area contributed by atoms with Crippen LogP contribution in [0.4, 0.5) is 10.5 Å². The van der Waals surface area contributed by atoms with Gasteiger partial charge in [0.25, 0.3) is 0 Å². The Balaban J connectivity index is 2.00. The zero-order valence-corrected chi connectivity index (χ0v) is 15.5. The van der Waals surface area contributed by atoms with E-state index in [0.29, 0.717) is 6.42 Å². The fourth-order valence-electron chi connectivity index (χ4n) is 3.47. The highest BCUT2D eigenvalue weighted by atomic mass is 16.6. The number of carbonyl (C=O) groups excluding carboxylic acids is 2. The summed E-state index contributed by atoms with van der Waals surface area (Å²) in [5, 5.41) is 2.94. The van der Waals surface area contributed by atoms with Gasteiger partial charge < -0.3 is 19.4 Å². The van der Waals surface area contributed by atoms with Crippen LogP contribution in [0.2, 0.25) is 0 Å². The molecule has 2 amide bonds. The average Bonchev–Trinajstić information content (AvgIpc) is 3.07. The van der Waals surface area contributed by atoms with E-state index in [9.17, 15) is 9.59 Å². The van der Waals surface area contributed by atoms with E-state index >= 15 is 0 Å². The second-order valence-corrected chi connectivity index (χ2v) is 6.88. The topological polar surface area (TPSA) is 71.8 Å². The van der Waals surface area contributed by atoms with Crippen LogP contribution in [0.5, 0.6) is 0 Å². The standard InChI is InChI=1S/C20H24N2O4/c1-12(2)26-20(24)21-17-10-13(3)22(14(4)23)18-8-7-15(11-16(17)18)19-6-5-9-25-19/h5-9,11-13,17H,10H2,1-4H3,(H,21,24)/t13-,17+/m0/s1. The summed E-state index contributed by atoms with van der Waals surface area (Å²) in [4.78, 5) is 26.1. The summed E-state index contributed by atoms with van der Waals surface area (Å²) < 4.78 is 10.7. The minimum Gasteiger partial charge on any atom is -0.464 e. The van der Waals surface area contributed by atoms with Gasteiger partial charge in [-0.15, -0.1) is 0 Å². The smallest absolute Gasteiger partial charge is 0.407 e. The van der Waals surface area contributed by atoms with E-state index in [1.54, 1.807) is 18.1 Å². The number of fused-ring (bicyclic) bond motifs is 1.